The molecule has 0 unspecified atom stereocenters. The Morgan fingerprint density at radius 2 is 1.67 bits per heavy atom. The van der Waals surface area contributed by atoms with Crippen molar-refractivity contribution >= 4 is 27.6 Å². The van der Waals surface area contributed by atoms with E-state index in [1.165, 1.54) is 47.6 Å². The number of carbonyl (C=O) groups excluding carboxylic acids is 2. The van der Waals surface area contributed by atoms with Crippen LogP contribution in [0.2, 0.25) is 0 Å². The lowest BCUT2D eigenvalue weighted by Crippen LogP contribution is -2.48. The summed E-state index contributed by atoms with van der Waals surface area (Å²) in [6.45, 7) is -0.0947. The molecule has 4 rings (SSSR count). The standard InChI is InChI=1S/C26H26N2O7S/c1-27(16-19-8-4-3-5-9-19)36(31,32)21-14-12-20(13-15-21)34-18-25(29)28-17-24(26(30)33-2)35-23-11-7-6-10-22(23)28/h3-15,24H,16-18H2,1-2H3/t24-/m1/s1. The van der Waals surface area contributed by atoms with Crippen molar-refractivity contribution in [2.45, 2.75) is 17.5 Å². The van der Waals surface area contributed by atoms with Gasteiger partial charge < -0.3 is 19.1 Å². The van der Waals surface area contributed by atoms with Crippen molar-refractivity contribution in [3.63, 3.8) is 0 Å². The van der Waals surface area contributed by atoms with Gasteiger partial charge in [-0.1, -0.05) is 42.5 Å². The zero-order chi connectivity index (χ0) is 25.7. The fraction of sp³-hybridized carbons (Fsp3) is 0.231. The van der Waals surface area contributed by atoms with Crippen LogP contribution in [0.5, 0.6) is 11.5 Å². The molecule has 0 bridgehead atoms. The predicted molar refractivity (Wildman–Crippen MR) is 132 cm³/mol. The second-order valence-electron chi connectivity index (χ2n) is 8.11. The van der Waals surface area contributed by atoms with Gasteiger partial charge in [0.15, 0.2) is 6.61 Å². The van der Waals surface area contributed by atoms with Gasteiger partial charge in [0.25, 0.3) is 5.91 Å². The zero-order valence-corrected chi connectivity index (χ0v) is 20.7. The van der Waals surface area contributed by atoms with Crippen LogP contribution in [0.25, 0.3) is 0 Å². The van der Waals surface area contributed by atoms with E-state index in [-0.39, 0.29) is 30.5 Å². The summed E-state index contributed by atoms with van der Waals surface area (Å²) < 4.78 is 43.2. The molecular weight excluding hydrogens is 484 g/mol. The Bertz CT molecular complexity index is 1330. The van der Waals surface area contributed by atoms with E-state index < -0.39 is 22.1 Å². The van der Waals surface area contributed by atoms with Crippen molar-refractivity contribution in [2.75, 3.05) is 32.2 Å². The molecule has 0 saturated carbocycles. The van der Waals surface area contributed by atoms with Gasteiger partial charge in [0.05, 0.1) is 24.2 Å². The summed E-state index contributed by atoms with van der Waals surface area (Å²) in [4.78, 5) is 26.5. The highest BCUT2D eigenvalue weighted by atomic mass is 32.2. The molecule has 1 atom stereocenters. The van der Waals surface area contributed by atoms with Crippen molar-refractivity contribution in [3.8, 4) is 11.5 Å². The first-order chi connectivity index (χ1) is 17.3. The Kier molecular flexibility index (Phi) is 7.56. The summed E-state index contributed by atoms with van der Waals surface area (Å²) >= 11 is 0. The van der Waals surface area contributed by atoms with Gasteiger partial charge in [-0.15, -0.1) is 0 Å². The lowest BCUT2D eigenvalue weighted by atomic mass is 10.2. The molecule has 0 aromatic heterocycles. The normalized spacial score (nSPS) is 15.1. The number of carbonyl (C=O) groups is 2. The van der Waals surface area contributed by atoms with Crippen LogP contribution in [0, 0.1) is 0 Å². The largest absolute Gasteiger partial charge is 0.484 e. The number of anilines is 1. The number of ether oxygens (including phenoxy) is 3. The summed E-state index contributed by atoms with van der Waals surface area (Å²) in [6, 6.07) is 22.1. The fourth-order valence-corrected chi connectivity index (χ4v) is 4.92. The van der Waals surface area contributed by atoms with Crippen LogP contribution in [-0.2, 0) is 30.9 Å². The average molecular weight is 511 g/mol. The van der Waals surface area contributed by atoms with E-state index >= 15 is 0 Å². The van der Waals surface area contributed by atoms with Gasteiger partial charge in [-0.2, -0.15) is 4.31 Å². The molecule has 10 heteroatoms. The number of amides is 1. The minimum atomic E-state index is -3.71. The highest BCUT2D eigenvalue weighted by Gasteiger charge is 2.34. The van der Waals surface area contributed by atoms with Crippen LogP contribution in [0.1, 0.15) is 5.56 Å². The van der Waals surface area contributed by atoms with Crippen molar-refractivity contribution in [3.05, 3.63) is 84.4 Å². The molecule has 188 valence electrons. The third-order valence-corrected chi connectivity index (χ3v) is 7.50. The third kappa shape index (κ3) is 5.50. The number of para-hydroxylation sites is 2. The van der Waals surface area contributed by atoms with Gasteiger partial charge in [0.2, 0.25) is 16.1 Å². The van der Waals surface area contributed by atoms with E-state index in [1.54, 1.807) is 24.3 Å². The Balaban J connectivity index is 1.41. The first-order valence-corrected chi connectivity index (χ1v) is 12.6. The number of rotatable bonds is 8. The molecule has 0 saturated heterocycles. The van der Waals surface area contributed by atoms with E-state index in [2.05, 4.69) is 0 Å². The topological polar surface area (TPSA) is 102 Å². The minimum absolute atomic E-state index is 0.0171. The number of fused-ring (bicyclic) bond motifs is 1. The van der Waals surface area contributed by atoms with E-state index in [4.69, 9.17) is 14.2 Å². The molecule has 1 aliphatic heterocycles. The van der Waals surface area contributed by atoms with E-state index in [9.17, 15) is 18.0 Å². The summed E-state index contributed by atoms with van der Waals surface area (Å²) in [5.74, 6) is -0.253. The summed E-state index contributed by atoms with van der Waals surface area (Å²) in [6.07, 6.45) is -0.953. The first-order valence-electron chi connectivity index (χ1n) is 11.2. The molecule has 1 aliphatic rings. The van der Waals surface area contributed by atoms with Crippen LogP contribution in [0.4, 0.5) is 5.69 Å². The summed E-state index contributed by atoms with van der Waals surface area (Å²) in [7, 11) is -0.932. The molecule has 0 aliphatic carbocycles. The average Bonchev–Trinajstić information content (AvgIpc) is 2.91. The first kappa shape index (κ1) is 25.2. The number of benzene rings is 3. The SMILES string of the molecule is COC(=O)[C@H]1CN(C(=O)COc2ccc(S(=O)(=O)N(C)Cc3ccccc3)cc2)c2ccccc2O1. The van der Waals surface area contributed by atoms with Crippen molar-refractivity contribution in [1.82, 2.24) is 4.31 Å². The Morgan fingerprint density at radius 3 is 2.36 bits per heavy atom. The van der Waals surface area contributed by atoms with Crippen LogP contribution in [-0.4, -0.2) is 58.0 Å². The number of hydrogen-bond donors (Lipinski definition) is 0. The van der Waals surface area contributed by atoms with E-state index in [0.717, 1.165) is 5.56 Å². The maximum atomic E-state index is 13.0. The molecule has 0 spiro atoms. The molecule has 1 amide bonds. The molecule has 1 heterocycles. The van der Waals surface area contributed by atoms with Gasteiger partial charge in [-0.25, -0.2) is 13.2 Å². The molecule has 3 aromatic rings. The van der Waals surface area contributed by atoms with Crippen molar-refractivity contribution in [1.29, 1.82) is 0 Å². The number of sulfonamides is 1. The zero-order valence-electron chi connectivity index (χ0n) is 19.9. The molecular formula is C26H26N2O7S. The van der Waals surface area contributed by atoms with Crippen LogP contribution >= 0.6 is 0 Å². The number of nitrogens with zero attached hydrogens (tertiary/aromatic N) is 2. The Hall–Kier alpha value is -3.89. The number of hydrogen-bond acceptors (Lipinski definition) is 7. The lowest BCUT2D eigenvalue weighted by molar-refractivity contribution is -0.148. The van der Waals surface area contributed by atoms with Gasteiger partial charge in [0, 0.05) is 13.6 Å². The molecule has 3 aromatic carbocycles. The quantitative estimate of drug-likeness (QED) is 0.430. The second-order valence-corrected chi connectivity index (χ2v) is 10.2. The maximum absolute atomic E-state index is 13.0. The minimum Gasteiger partial charge on any atom is -0.484 e. The highest BCUT2D eigenvalue weighted by Crippen LogP contribution is 2.33. The van der Waals surface area contributed by atoms with Crippen molar-refractivity contribution in [2.24, 2.45) is 0 Å². The third-order valence-electron chi connectivity index (χ3n) is 5.68. The smallest absolute Gasteiger partial charge is 0.348 e. The fourth-order valence-electron chi connectivity index (χ4n) is 3.76. The lowest BCUT2D eigenvalue weighted by Gasteiger charge is -2.33. The van der Waals surface area contributed by atoms with Gasteiger partial charge in [-0.05, 0) is 42.0 Å². The molecule has 0 N–H and O–H groups in total. The highest BCUT2D eigenvalue weighted by molar-refractivity contribution is 7.89. The van der Waals surface area contributed by atoms with Crippen LogP contribution in [0.3, 0.4) is 0 Å². The Labute approximate surface area is 209 Å². The number of esters is 1. The molecule has 36 heavy (non-hydrogen) atoms. The Morgan fingerprint density at radius 1 is 1.00 bits per heavy atom. The number of methoxy groups -OCH3 is 1. The molecule has 0 fully saturated rings. The van der Waals surface area contributed by atoms with Gasteiger partial charge >= 0.3 is 5.97 Å². The van der Waals surface area contributed by atoms with E-state index in [0.29, 0.717) is 17.2 Å². The van der Waals surface area contributed by atoms with Crippen LogP contribution < -0.4 is 14.4 Å². The van der Waals surface area contributed by atoms with Crippen molar-refractivity contribution < 1.29 is 32.2 Å². The monoisotopic (exact) mass is 510 g/mol. The van der Waals surface area contributed by atoms with Gasteiger partial charge in [0.1, 0.15) is 11.5 Å². The summed E-state index contributed by atoms with van der Waals surface area (Å²) in [5.41, 5.74) is 1.40. The molecule has 9 nitrogen and oxygen atoms in total. The van der Waals surface area contributed by atoms with Gasteiger partial charge in [-0.3, -0.25) is 4.79 Å². The second kappa shape index (κ2) is 10.8. The molecule has 0 radical (unpaired) electrons. The van der Waals surface area contributed by atoms with Crippen LogP contribution in [0.15, 0.2) is 83.8 Å². The summed E-state index contributed by atoms with van der Waals surface area (Å²) in [5, 5.41) is 0. The maximum Gasteiger partial charge on any atom is 0.348 e. The van der Waals surface area contributed by atoms with E-state index in [1.807, 2.05) is 30.3 Å². The predicted octanol–water partition coefficient (Wildman–Crippen LogP) is 2.85.